The number of para-hydroxylation sites is 1. The Morgan fingerprint density at radius 2 is 1.86 bits per heavy atom. The van der Waals surface area contributed by atoms with Crippen LogP contribution in [-0.4, -0.2) is 45.5 Å². The molecule has 1 fully saturated rings. The molecule has 1 aliphatic rings. The monoisotopic (exact) mass is 397 g/mol. The molecule has 1 unspecified atom stereocenters. The largest absolute Gasteiger partial charge is 0.489 e. The molecule has 1 aliphatic heterocycles. The van der Waals surface area contributed by atoms with Crippen LogP contribution in [-0.2, 0) is 22.6 Å². The van der Waals surface area contributed by atoms with Gasteiger partial charge in [0.25, 0.3) is 0 Å². The summed E-state index contributed by atoms with van der Waals surface area (Å²) in [6.45, 7) is 4.31. The molecule has 0 aliphatic carbocycles. The lowest BCUT2D eigenvalue weighted by molar-refractivity contribution is 0.0420. The van der Waals surface area contributed by atoms with Crippen LogP contribution >= 0.6 is 0 Å². The van der Waals surface area contributed by atoms with Crippen molar-refractivity contribution >= 4 is 5.96 Å². The van der Waals surface area contributed by atoms with Gasteiger partial charge < -0.3 is 24.8 Å². The molecular formula is C23H31N3O3. The first kappa shape index (κ1) is 21.1. The van der Waals surface area contributed by atoms with Crippen molar-refractivity contribution in [2.24, 2.45) is 4.99 Å². The SMILES string of the molecule is CN=C(NCCCOC1CCOC1)NCc1ccccc1COc1ccccc1. The van der Waals surface area contributed by atoms with Gasteiger partial charge in [-0.25, -0.2) is 0 Å². The standard InChI is InChI=1S/C23H31N3O3/c1-24-23(25-13-7-14-28-22-12-15-27-18-22)26-16-19-8-5-6-9-20(19)17-29-21-10-3-2-4-11-21/h2-6,8-11,22H,7,12-18H2,1H3,(H2,24,25,26). The fourth-order valence-corrected chi connectivity index (χ4v) is 3.12. The van der Waals surface area contributed by atoms with Crippen LogP contribution in [0.1, 0.15) is 24.0 Å². The first-order chi connectivity index (χ1) is 14.3. The number of rotatable bonds is 10. The maximum Gasteiger partial charge on any atom is 0.191 e. The Hall–Kier alpha value is -2.57. The van der Waals surface area contributed by atoms with Crippen molar-refractivity contribution in [2.75, 3.05) is 33.4 Å². The summed E-state index contributed by atoms with van der Waals surface area (Å²) < 4.78 is 17.0. The minimum Gasteiger partial charge on any atom is -0.489 e. The number of ether oxygens (including phenoxy) is 3. The maximum atomic E-state index is 5.90. The van der Waals surface area contributed by atoms with E-state index in [9.17, 15) is 0 Å². The fourth-order valence-electron chi connectivity index (χ4n) is 3.12. The van der Waals surface area contributed by atoms with Crippen LogP contribution in [0, 0.1) is 0 Å². The first-order valence-corrected chi connectivity index (χ1v) is 10.2. The summed E-state index contributed by atoms with van der Waals surface area (Å²) in [5.74, 6) is 1.66. The molecule has 0 aromatic heterocycles. The Bertz CT molecular complexity index is 746. The molecule has 6 heteroatoms. The van der Waals surface area contributed by atoms with Crippen LogP contribution in [0.5, 0.6) is 5.75 Å². The van der Waals surface area contributed by atoms with Gasteiger partial charge in [-0.2, -0.15) is 0 Å². The lowest BCUT2D eigenvalue weighted by atomic mass is 10.1. The van der Waals surface area contributed by atoms with E-state index in [1.807, 2.05) is 42.5 Å². The van der Waals surface area contributed by atoms with E-state index in [0.29, 0.717) is 13.2 Å². The first-order valence-electron chi connectivity index (χ1n) is 10.2. The highest BCUT2D eigenvalue weighted by atomic mass is 16.5. The van der Waals surface area contributed by atoms with Gasteiger partial charge in [-0.1, -0.05) is 42.5 Å². The number of nitrogens with zero attached hydrogens (tertiary/aromatic N) is 1. The van der Waals surface area contributed by atoms with E-state index >= 15 is 0 Å². The highest BCUT2D eigenvalue weighted by Gasteiger charge is 2.15. The minimum atomic E-state index is 0.266. The summed E-state index contributed by atoms with van der Waals surface area (Å²) in [7, 11) is 1.78. The number of benzene rings is 2. The maximum absolute atomic E-state index is 5.90. The molecule has 3 rings (SSSR count). The van der Waals surface area contributed by atoms with Crippen molar-refractivity contribution in [3.05, 3.63) is 65.7 Å². The normalized spacial score (nSPS) is 16.6. The number of hydrogen-bond donors (Lipinski definition) is 2. The van der Waals surface area contributed by atoms with E-state index in [4.69, 9.17) is 14.2 Å². The fraction of sp³-hybridized carbons (Fsp3) is 0.435. The van der Waals surface area contributed by atoms with Crippen molar-refractivity contribution < 1.29 is 14.2 Å². The van der Waals surface area contributed by atoms with E-state index in [2.05, 4.69) is 27.8 Å². The Morgan fingerprint density at radius 3 is 2.62 bits per heavy atom. The third kappa shape index (κ3) is 7.40. The second-order valence-corrected chi connectivity index (χ2v) is 6.93. The van der Waals surface area contributed by atoms with Crippen LogP contribution in [0.25, 0.3) is 0 Å². The number of guanidine groups is 1. The lowest BCUT2D eigenvalue weighted by Crippen LogP contribution is -2.37. The molecule has 2 aromatic rings. The van der Waals surface area contributed by atoms with Crippen LogP contribution in [0.4, 0.5) is 0 Å². The number of aliphatic imine (C=N–C) groups is 1. The van der Waals surface area contributed by atoms with Crippen molar-refractivity contribution in [2.45, 2.75) is 32.1 Å². The summed E-state index contributed by atoms with van der Waals surface area (Å²) in [5, 5.41) is 6.72. The molecule has 0 saturated carbocycles. The molecule has 29 heavy (non-hydrogen) atoms. The van der Waals surface area contributed by atoms with Crippen molar-refractivity contribution in [3.8, 4) is 5.75 Å². The third-order valence-electron chi connectivity index (χ3n) is 4.78. The van der Waals surface area contributed by atoms with Gasteiger partial charge in [-0.3, -0.25) is 4.99 Å². The lowest BCUT2D eigenvalue weighted by Gasteiger charge is -2.15. The molecule has 156 valence electrons. The molecule has 0 amide bonds. The van der Waals surface area contributed by atoms with Crippen LogP contribution in [0.3, 0.4) is 0 Å². The highest BCUT2D eigenvalue weighted by Crippen LogP contribution is 2.14. The average Bonchev–Trinajstić information content (AvgIpc) is 3.29. The summed E-state index contributed by atoms with van der Waals surface area (Å²) in [4.78, 5) is 4.30. The molecular weight excluding hydrogens is 366 g/mol. The molecule has 0 radical (unpaired) electrons. The zero-order valence-electron chi connectivity index (χ0n) is 17.1. The molecule has 0 bridgehead atoms. The van der Waals surface area contributed by atoms with Gasteiger partial charge in [0.15, 0.2) is 5.96 Å². The van der Waals surface area contributed by atoms with Gasteiger partial charge in [0.2, 0.25) is 0 Å². The second kappa shape index (κ2) is 12.1. The summed E-state index contributed by atoms with van der Waals surface area (Å²) in [6, 6.07) is 18.2. The smallest absolute Gasteiger partial charge is 0.191 e. The van der Waals surface area contributed by atoms with Gasteiger partial charge >= 0.3 is 0 Å². The molecule has 1 atom stereocenters. The Kier molecular flexibility index (Phi) is 8.82. The molecule has 2 aromatic carbocycles. The van der Waals surface area contributed by atoms with Crippen LogP contribution in [0.15, 0.2) is 59.6 Å². The Morgan fingerprint density at radius 1 is 1.07 bits per heavy atom. The molecule has 0 spiro atoms. The van der Waals surface area contributed by atoms with Crippen LogP contribution < -0.4 is 15.4 Å². The van der Waals surface area contributed by atoms with Crippen molar-refractivity contribution in [1.82, 2.24) is 10.6 Å². The highest BCUT2D eigenvalue weighted by molar-refractivity contribution is 5.79. The summed E-state index contributed by atoms with van der Waals surface area (Å²) >= 11 is 0. The van der Waals surface area contributed by atoms with Gasteiger partial charge in [-0.05, 0) is 36.1 Å². The van der Waals surface area contributed by atoms with Gasteiger partial charge in [0.1, 0.15) is 12.4 Å². The predicted molar refractivity (Wildman–Crippen MR) is 115 cm³/mol. The molecule has 1 saturated heterocycles. The van der Waals surface area contributed by atoms with Crippen molar-refractivity contribution in [1.29, 1.82) is 0 Å². The van der Waals surface area contributed by atoms with E-state index in [1.54, 1.807) is 7.05 Å². The van der Waals surface area contributed by atoms with E-state index in [0.717, 1.165) is 56.5 Å². The quantitative estimate of drug-likeness (QED) is 0.366. The Labute approximate surface area is 173 Å². The topological polar surface area (TPSA) is 64.1 Å². The molecule has 2 N–H and O–H groups in total. The molecule has 1 heterocycles. The Balaban J connectivity index is 1.39. The second-order valence-electron chi connectivity index (χ2n) is 6.93. The van der Waals surface area contributed by atoms with E-state index in [1.165, 1.54) is 5.56 Å². The van der Waals surface area contributed by atoms with Gasteiger partial charge in [0, 0.05) is 33.4 Å². The zero-order valence-corrected chi connectivity index (χ0v) is 17.1. The number of hydrogen-bond acceptors (Lipinski definition) is 4. The van der Waals surface area contributed by atoms with Crippen molar-refractivity contribution in [3.63, 3.8) is 0 Å². The summed E-state index contributed by atoms with van der Waals surface area (Å²) in [6.07, 6.45) is 2.20. The predicted octanol–water partition coefficient (Wildman–Crippen LogP) is 3.13. The van der Waals surface area contributed by atoms with Crippen LogP contribution in [0.2, 0.25) is 0 Å². The average molecular weight is 398 g/mol. The van der Waals surface area contributed by atoms with Gasteiger partial charge in [-0.15, -0.1) is 0 Å². The minimum absolute atomic E-state index is 0.266. The number of nitrogens with one attached hydrogen (secondary N) is 2. The third-order valence-corrected chi connectivity index (χ3v) is 4.78. The van der Waals surface area contributed by atoms with Gasteiger partial charge in [0.05, 0.1) is 12.7 Å². The zero-order chi connectivity index (χ0) is 20.2. The van der Waals surface area contributed by atoms with E-state index < -0.39 is 0 Å². The van der Waals surface area contributed by atoms with E-state index in [-0.39, 0.29) is 6.10 Å². The molecule has 6 nitrogen and oxygen atoms in total. The summed E-state index contributed by atoms with van der Waals surface area (Å²) in [5.41, 5.74) is 2.35.